The van der Waals surface area contributed by atoms with Gasteiger partial charge in [0.25, 0.3) is 0 Å². The molecule has 2 atom stereocenters. The van der Waals surface area contributed by atoms with Crippen LogP contribution in [0, 0.1) is 0 Å². The Bertz CT molecular complexity index is 1710. The second-order valence-electron chi connectivity index (χ2n) is 11.2. The summed E-state index contributed by atoms with van der Waals surface area (Å²) in [6.07, 6.45) is 3.24. The molecule has 0 aliphatic carbocycles. The van der Waals surface area contributed by atoms with Gasteiger partial charge >= 0.3 is 0 Å². The summed E-state index contributed by atoms with van der Waals surface area (Å²) in [6, 6.07) is 24.1. The number of benzene rings is 3. The highest BCUT2D eigenvalue weighted by Crippen LogP contribution is 2.42. The quantitative estimate of drug-likeness (QED) is 0.315. The summed E-state index contributed by atoms with van der Waals surface area (Å²) in [5.41, 5.74) is 7.76. The topological polar surface area (TPSA) is 72.2 Å². The molecular formula is C33H32N4O2. The first-order valence-corrected chi connectivity index (χ1v) is 13.8. The highest BCUT2D eigenvalue weighted by Gasteiger charge is 2.48. The standard InChI is InChI=1S/C33H32N4O2/c1-20(2)21-11-13-22(14-12-21)32-31-26(25-8-4-6-10-28(25)35-31)17-29-33(39)36(19-30(38)37(29)32)16-15-23-18-34-27-9-5-3-7-24(23)27/h3-14,18,20,29,32,34-35H,15-17,19H2,1-2H3/t29-,32-/m0/s1. The Labute approximate surface area is 227 Å². The first kappa shape index (κ1) is 23.8. The maximum absolute atomic E-state index is 14.0. The molecule has 7 rings (SSSR count). The Morgan fingerprint density at radius 2 is 1.62 bits per heavy atom. The molecule has 0 spiro atoms. The number of nitrogens with zero attached hydrogens (tertiary/aromatic N) is 2. The van der Waals surface area contributed by atoms with Gasteiger partial charge in [-0.2, -0.15) is 0 Å². The third kappa shape index (κ3) is 3.85. The molecule has 1 saturated heterocycles. The minimum absolute atomic E-state index is 0.000712. The third-order valence-electron chi connectivity index (χ3n) is 8.59. The van der Waals surface area contributed by atoms with E-state index >= 15 is 0 Å². The summed E-state index contributed by atoms with van der Waals surface area (Å²) < 4.78 is 0. The summed E-state index contributed by atoms with van der Waals surface area (Å²) in [4.78, 5) is 38.4. The predicted molar refractivity (Wildman–Crippen MR) is 154 cm³/mol. The van der Waals surface area contributed by atoms with Gasteiger partial charge in [-0.05, 0) is 46.7 Å². The van der Waals surface area contributed by atoms with E-state index in [1.807, 2.05) is 35.4 Å². The molecular weight excluding hydrogens is 484 g/mol. The molecule has 2 aliphatic heterocycles. The summed E-state index contributed by atoms with van der Waals surface area (Å²) in [5, 5.41) is 2.30. The zero-order chi connectivity index (χ0) is 26.7. The molecule has 196 valence electrons. The van der Waals surface area contributed by atoms with E-state index in [4.69, 9.17) is 0 Å². The predicted octanol–water partition coefficient (Wildman–Crippen LogP) is 5.70. The monoisotopic (exact) mass is 516 g/mol. The molecule has 0 unspecified atom stereocenters. The zero-order valence-corrected chi connectivity index (χ0v) is 22.3. The number of hydrogen-bond acceptors (Lipinski definition) is 2. The van der Waals surface area contributed by atoms with Gasteiger partial charge in [-0.3, -0.25) is 9.59 Å². The van der Waals surface area contributed by atoms with Crippen molar-refractivity contribution in [2.45, 2.75) is 44.7 Å². The number of nitrogens with one attached hydrogen (secondary N) is 2. The molecule has 2 aliphatic rings. The van der Waals surface area contributed by atoms with Crippen LogP contribution in [0.4, 0.5) is 0 Å². The van der Waals surface area contributed by atoms with Crippen LogP contribution in [0.3, 0.4) is 0 Å². The fraction of sp³-hybridized carbons (Fsp3) is 0.273. The lowest BCUT2D eigenvalue weighted by Crippen LogP contribution is -2.63. The Morgan fingerprint density at radius 3 is 2.38 bits per heavy atom. The fourth-order valence-electron chi connectivity index (χ4n) is 6.52. The average molecular weight is 517 g/mol. The molecule has 0 saturated carbocycles. The van der Waals surface area contributed by atoms with Gasteiger partial charge in [0.2, 0.25) is 11.8 Å². The van der Waals surface area contributed by atoms with Crippen LogP contribution >= 0.6 is 0 Å². The van der Waals surface area contributed by atoms with Crippen molar-refractivity contribution in [1.82, 2.24) is 19.8 Å². The number of hydrogen-bond donors (Lipinski definition) is 2. The van der Waals surface area contributed by atoms with Crippen LogP contribution in [0.15, 0.2) is 79.0 Å². The average Bonchev–Trinajstić information content (AvgIpc) is 3.54. The van der Waals surface area contributed by atoms with Crippen molar-refractivity contribution in [1.29, 1.82) is 0 Å². The van der Waals surface area contributed by atoms with Crippen LogP contribution in [0.5, 0.6) is 0 Å². The number of carbonyl (C=O) groups excluding carboxylic acids is 2. The molecule has 2 N–H and O–H groups in total. The van der Waals surface area contributed by atoms with Crippen LogP contribution in [0.25, 0.3) is 21.8 Å². The van der Waals surface area contributed by atoms with E-state index in [1.54, 1.807) is 4.90 Å². The molecule has 2 amide bonds. The van der Waals surface area contributed by atoms with Gasteiger partial charge in [-0.15, -0.1) is 0 Å². The molecule has 1 fully saturated rings. The van der Waals surface area contributed by atoms with E-state index in [2.05, 4.69) is 72.3 Å². The highest BCUT2D eigenvalue weighted by atomic mass is 16.2. The van der Waals surface area contributed by atoms with Gasteiger partial charge in [0.15, 0.2) is 0 Å². The SMILES string of the molecule is CC(C)c1ccc([C@H]2c3[nH]c4ccccc4c3C[C@H]3C(=O)N(CCc4c[nH]c5ccccc45)CC(=O)N23)cc1. The van der Waals surface area contributed by atoms with Crippen molar-refractivity contribution in [2.75, 3.05) is 13.1 Å². The van der Waals surface area contributed by atoms with Crippen LogP contribution in [0.2, 0.25) is 0 Å². The zero-order valence-electron chi connectivity index (χ0n) is 22.3. The van der Waals surface area contributed by atoms with E-state index < -0.39 is 6.04 Å². The van der Waals surface area contributed by atoms with Crippen molar-refractivity contribution in [3.8, 4) is 0 Å². The minimum Gasteiger partial charge on any atom is -0.361 e. The van der Waals surface area contributed by atoms with Gasteiger partial charge in [0.1, 0.15) is 6.04 Å². The number of amides is 2. The largest absolute Gasteiger partial charge is 0.361 e. The molecule has 6 nitrogen and oxygen atoms in total. The second-order valence-corrected chi connectivity index (χ2v) is 11.2. The molecule has 0 radical (unpaired) electrons. The molecule has 3 aromatic carbocycles. The summed E-state index contributed by atoms with van der Waals surface area (Å²) >= 11 is 0. The number of rotatable bonds is 5. The number of aromatic nitrogens is 2. The third-order valence-corrected chi connectivity index (χ3v) is 8.59. The molecule has 5 aromatic rings. The van der Waals surface area contributed by atoms with Gasteiger partial charge in [0, 0.05) is 46.7 Å². The number of H-pyrrole nitrogens is 2. The van der Waals surface area contributed by atoms with Gasteiger partial charge in [-0.1, -0.05) is 74.5 Å². The Balaban J connectivity index is 1.25. The van der Waals surface area contributed by atoms with Crippen molar-refractivity contribution >= 4 is 33.6 Å². The van der Waals surface area contributed by atoms with E-state index in [0.29, 0.717) is 25.3 Å². The maximum Gasteiger partial charge on any atom is 0.246 e. The van der Waals surface area contributed by atoms with E-state index in [-0.39, 0.29) is 24.4 Å². The van der Waals surface area contributed by atoms with E-state index in [9.17, 15) is 9.59 Å². The Hall–Kier alpha value is -4.32. The number of carbonyl (C=O) groups is 2. The normalized spacial score (nSPS) is 19.3. The lowest BCUT2D eigenvalue weighted by molar-refractivity contribution is -0.158. The van der Waals surface area contributed by atoms with Crippen LogP contribution in [-0.4, -0.2) is 50.7 Å². The lowest BCUT2D eigenvalue weighted by Gasteiger charge is -2.47. The van der Waals surface area contributed by atoms with Crippen molar-refractivity contribution < 1.29 is 9.59 Å². The maximum atomic E-state index is 14.0. The van der Waals surface area contributed by atoms with Gasteiger partial charge in [0.05, 0.1) is 12.6 Å². The first-order valence-electron chi connectivity index (χ1n) is 13.8. The van der Waals surface area contributed by atoms with Crippen LogP contribution < -0.4 is 0 Å². The summed E-state index contributed by atoms with van der Waals surface area (Å²) in [6.45, 7) is 4.98. The van der Waals surface area contributed by atoms with Crippen molar-refractivity contribution in [3.63, 3.8) is 0 Å². The minimum atomic E-state index is -0.518. The molecule has 6 heteroatoms. The molecule has 4 heterocycles. The second kappa shape index (κ2) is 9.16. The highest BCUT2D eigenvalue weighted by molar-refractivity contribution is 5.97. The molecule has 2 aromatic heterocycles. The molecule has 39 heavy (non-hydrogen) atoms. The van der Waals surface area contributed by atoms with Gasteiger partial charge < -0.3 is 19.8 Å². The van der Waals surface area contributed by atoms with Crippen molar-refractivity contribution in [2.24, 2.45) is 0 Å². The number of para-hydroxylation sites is 2. The van der Waals surface area contributed by atoms with Crippen molar-refractivity contribution in [3.05, 3.63) is 107 Å². The lowest BCUT2D eigenvalue weighted by atomic mass is 9.85. The first-order chi connectivity index (χ1) is 19.0. The van der Waals surface area contributed by atoms with E-state index in [1.165, 1.54) is 16.5 Å². The Morgan fingerprint density at radius 1 is 0.897 bits per heavy atom. The van der Waals surface area contributed by atoms with Crippen LogP contribution in [-0.2, 0) is 22.4 Å². The summed E-state index contributed by atoms with van der Waals surface area (Å²) in [7, 11) is 0. The van der Waals surface area contributed by atoms with E-state index in [0.717, 1.165) is 33.2 Å². The van der Waals surface area contributed by atoms with Gasteiger partial charge in [-0.25, -0.2) is 0 Å². The molecule has 0 bridgehead atoms. The Kier molecular flexibility index (Phi) is 5.58. The fourth-order valence-corrected chi connectivity index (χ4v) is 6.52. The number of aromatic amines is 2. The summed E-state index contributed by atoms with van der Waals surface area (Å²) in [5.74, 6) is 0.459. The smallest absolute Gasteiger partial charge is 0.246 e. The number of piperazine rings is 1. The van der Waals surface area contributed by atoms with Crippen LogP contribution in [0.1, 0.15) is 53.8 Å². The number of fused-ring (bicyclic) bond motifs is 5.